The van der Waals surface area contributed by atoms with Gasteiger partial charge in [0, 0.05) is 18.3 Å². The minimum atomic E-state index is -1.20. The molecule has 4 aromatic carbocycles. The molecule has 0 unspecified atom stereocenters. The normalized spacial score (nSPS) is 13.7. The van der Waals surface area contributed by atoms with Crippen LogP contribution in [-0.2, 0) is 20.9 Å². The van der Waals surface area contributed by atoms with Crippen molar-refractivity contribution in [2.24, 2.45) is 0 Å². The molecule has 11 nitrogen and oxygen atoms in total. The number of Topliss-reactive ketones (excluding diaryl/α,β-unsaturated/α-hetero) is 1. The Kier molecular flexibility index (Phi) is 8.06. The van der Waals surface area contributed by atoms with Gasteiger partial charge in [0.05, 0.1) is 25.5 Å². The zero-order valence-electron chi connectivity index (χ0n) is 24.5. The predicted molar refractivity (Wildman–Crippen MR) is 164 cm³/mol. The Morgan fingerprint density at radius 1 is 0.867 bits per heavy atom. The molecule has 2 aliphatic rings. The second kappa shape index (κ2) is 12.4. The molecule has 0 saturated carbocycles. The van der Waals surface area contributed by atoms with Gasteiger partial charge in [0.25, 0.3) is 17.6 Å². The fourth-order valence-corrected chi connectivity index (χ4v) is 5.42. The maximum Gasteiger partial charge on any atom is 0.299 e. The number of ether oxygens (including phenoxy) is 4. The minimum Gasteiger partial charge on any atom is -0.493 e. The monoisotopic (exact) mass is 607 g/mol. The Morgan fingerprint density at radius 2 is 1.60 bits per heavy atom. The van der Waals surface area contributed by atoms with Gasteiger partial charge in [0.1, 0.15) is 12.6 Å². The van der Waals surface area contributed by atoms with Crippen molar-refractivity contribution in [3.05, 3.63) is 108 Å². The van der Waals surface area contributed by atoms with E-state index in [-0.39, 0.29) is 18.9 Å². The van der Waals surface area contributed by atoms with Crippen LogP contribution >= 0.6 is 0 Å². The molecule has 1 atom stereocenters. The number of amides is 3. The third-order valence-electron chi connectivity index (χ3n) is 7.61. The van der Waals surface area contributed by atoms with E-state index in [1.807, 2.05) is 30.3 Å². The zero-order chi connectivity index (χ0) is 31.5. The number of carbonyl (C=O) groups is 4. The molecule has 228 valence electrons. The van der Waals surface area contributed by atoms with Crippen LogP contribution < -0.4 is 29.2 Å². The third kappa shape index (κ3) is 5.75. The first kappa shape index (κ1) is 29.2. The van der Waals surface area contributed by atoms with Crippen LogP contribution in [0.5, 0.6) is 23.0 Å². The molecule has 3 amide bonds. The molecule has 1 N–H and O–H groups in total. The predicted octanol–water partition coefficient (Wildman–Crippen LogP) is 4.37. The number of fused-ring (bicyclic) bond motifs is 2. The van der Waals surface area contributed by atoms with E-state index in [2.05, 4.69) is 5.32 Å². The van der Waals surface area contributed by atoms with Gasteiger partial charge in [-0.2, -0.15) is 0 Å². The zero-order valence-corrected chi connectivity index (χ0v) is 24.5. The van der Waals surface area contributed by atoms with Crippen molar-refractivity contribution >= 4 is 34.9 Å². The van der Waals surface area contributed by atoms with Crippen LogP contribution in [0.15, 0.2) is 91.0 Å². The number of hydrogen-bond acceptors (Lipinski definition) is 8. The van der Waals surface area contributed by atoms with E-state index in [0.717, 1.165) is 10.5 Å². The second-order valence-corrected chi connectivity index (χ2v) is 10.3. The molecular formula is C34H29N3O8. The molecular weight excluding hydrogens is 578 g/mol. The molecule has 0 aliphatic carbocycles. The number of benzene rings is 4. The molecule has 0 bridgehead atoms. The van der Waals surface area contributed by atoms with Crippen LogP contribution in [0.3, 0.4) is 0 Å². The highest BCUT2D eigenvalue weighted by Crippen LogP contribution is 2.37. The van der Waals surface area contributed by atoms with Crippen LogP contribution in [0.4, 0.5) is 11.4 Å². The Hall–Kier alpha value is -5.84. The first-order valence-corrected chi connectivity index (χ1v) is 14.1. The lowest BCUT2D eigenvalue weighted by molar-refractivity contribution is -0.139. The summed E-state index contributed by atoms with van der Waals surface area (Å²) in [6.07, 6.45) is 0. The number of methoxy groups -OCH3 is 2. The molecule has 4 aromatic rings. The van der Waals surface area contributed by atoms with Crippen molar-refractivity contribution in [3.63, 3.8) is 0 Å². The largest absolute Gasteiger partial charge is 0.493 e. The highest BCUT2D eigenvalue weighted by Gasteiger charge is 2.39. The lowest BCUT2D eigenvalue weighted by atomic mass is 10.0. The number of carbonyl (C=O) groups excluding carboxylic acids is 4. The number of nitrogens with zero attached hydrogens (tertiary/aromatic N) is 2. The quantitative estimate of drug-likeness (QED) is 0.264. The summed E-state index contributed by atoms with van der Waals surface area (Å²) < 4.78 is 21.8. The van der Waals surface area contributed by atoms with Gasteiger partial charge in [-0.15, -0.1) is 0 Å². The maximum atomic E-state index is 14.3. The maximum absolute atomic E-state index is 14.3. The number of anilines is 2. The van der Waals surface area contributed by atoms with Gasteiger partial charge in [0.2, 0.25) is 12.7 Å². The van der Waals surface area contributed by atoms with Gasteiger partial charge < -0.3 is 29.2 Å². The third-order valence-corrected chi connectivity index (χ3v) is 7.61. The van der Waals surface area contributed by atoms with Crippen LogP contribution in [-0.4, -0.2) is 56.0 Å². The summed E-state index contributed by atoms with van der Waals surface area (Å²) in [6.45, 7) is -0.373. The van der Waals surface area contributed by atoms with Crippen molar-refractivity contribution in [1.29, 1.82) is 0 Å². The first-order chi connectivity index (χ1) is 21.9. The lowest BCUT2D eigenvalue weighted by Crippen LogP contribution is -2.46. The molecule has 0 radical (unpaired) electrons. The van der Waals surface area contributed by atoms with E-state index in [0.29, 0.717) is 39.9 Å². The van der Waals surface area contributed by atoms with Crippen molar-refractivity contribution < 1.29 is 38.1 Å². The number of hydrogen-bond donors (Lipinski definition) is 1. The van der Waals surface area contributed by atoms with Crippen molar-refractivity contribution in [1.82, 2.24) is 4.90 Å². The second-order valence-electron chi connectivity index (χ2n) is 10.3. The van der Waals surface area contributed by atoms with Crippen LogP contribution in [0.2, 0.25) is 0 Å². The highest BCUT2D eigenvalue weighted by atomic mass is 16.7. The summed E-state index contributed by atoms with van der Waals surface area (Å²) in [5, 5.41) is 2.91. The molecule has 11 heteroatoms. The van der Waals surface area contributed by atoms with Gasteiger partial charge >= 0.3 is 0 Å². The van der Waals surface area contributed by atoms with Crippen LogP contribution in [0.1, 0.15) is 27.5 Å². The van der Waals surface area contributed by atoms with Crippen molar-refractivity contribution in [2.75, 3.05) is 37.8 Å². The van der Waals surface area contributed by atoms with E-state index < -0.39 is 36.1 Å². The van der Waals surface area contributed by atoms with Crippen molar-refractivity contribution in [3.8, 4) is 23.0 Å². The summed E-state index contributed by atoms with van der Waals surface area (Å²) in [6, 6.07) is 24.4. The lowest BCUT2D eigenvalue weighted by Gasteiger charge is -2.33. The number of para-hydroxylation sites is 1. The average molecular weight is 608 g/mol. The van der Waals surface area contributed by atoms with Crippen molar-refractivity contribution in [2.45, 2.75) is 12.6 Å². The molecule has 2 heterocycles. The summed E-state index contributed by atoms with van der Waals surface area (Å²) in [5.41, 5.74) is 2.17. The van der Waals surface area contributed by atoms with Crippen LogP contribution in [0.25, 0.3) is 0 Å². The fourth-order valence-electron chi connectivity index (χ4n) is 5.42. The topological polar surface area (TPSA) is 124 Å². The number of ketones is 1. The average Bonchev–Trinajstić information content (AvgIpc) is 3.63. The van der Waals surface area contributed by atoms with Gasteiger partial charge in [-0.1, -0.05) is 48.5 Å². The molecule has 0 fully saturated rings. The first-order valence-electron chi connectivity index (χ1n) is 14.1. The molecule has 0 saturated heterocycles. The van der Waals surface area contributed by atoms with Gasteiger partial charge in [-0.3, -0.25) is 24.1 Å². The van der Waals surface area contributed by atoms with E-state index in [9.17, 15) is 19.2 Å². The van der Waals surface area contributed by atoms with E-state index in [4.69, 9.17) is 18.9 Å². The smallest absolute Gasteiger partial charge is 0.299 e. The van der Waals surface area contributed by atoms with Crippen LogP contribution in [0, 0.1) is 0 Å². The summed E-state index contributed by atoms with van der Waals surface area (Å²) in [5.74, 6) is -0.764. The number of nitrogens with one attached hydrogen (secondary N) is 1. The van der Waals surface area contributed by atoms with Gasteiger partial charge in [-0.05, 0) is 47.5 Å². The summed E-state index contributed by atoms with van der Waals surface area (Å²) in [4.78, 5) is 56.8. The number of rotatable bonds is 10. The summed E-state index contributed by atoms with van der Waals surface area (Å²) in [7, 11) is 2.97. The minimum absolute atomic E-state index is 0.0187. The fraction of sp³-hybridized carbons (Fsp3) is 0.176. The Labute approximate surface area is 258 Å². The van der Waals surface area contributed by atoms with E-state index in [1.54, 1.807) is 60.7 Å². The van der Waals surface area contributed by atoms with E-state index >= 15 is 0 Å². The molecule has 45 heavy (non-hydrogen) atoms. The summed E-state index contributed by atoms with van der Waals surface area (Å²) >= 11 is 0. The SMILES string of the molecule is COc1ccc([C@@H](C(=O)Nc2ccc3c(c2)OCO3)N(Cc2ccccc2)C(=O)CN2C(=O)C(=O)c3ccccc32)cc1OC. The Balaban J connectivity index is 1.41. The standard InChI is InChI=1S/C34H29N3O8/c1-42-26-14-12-22(16-28(26)43-2)31(33(40)35-23-13-15-27-29(17-23)45-20-44-27)37(18-21-8-4-3-5-9-21)30(38)19-36-25-11-7-6-10-24(25)32(39)34(36)41/h3-17,31H,18-20H2,1-2H3,(H,35,40)/t31-/m0/s1. The Bertz CT molecular complexity index is 1790. The van der Waals surface area contributed by atoms with E-state index in [1.165, 1.54) is 19.1 Å². The van der Waals surface area contributed by atoms with Gasteiger partial charge in [-0.25, -0.2) is 0 Å². The molecule has 6 rings (SSSR count). The molecule has 2 aliphatic heterocycles. The molecule has 0 aromatic heterocycles. The highest BCUT2D eigenvalue weighted by molar-refractivity contribution is 6.52. The van der Waals surface area contributed by atoms with Gasteiger partial charge in [0.15, 0.2) is 23.0 Å². The molecule has 0 spiro atoms. The Morgan fingerprint density at radius 3 is 2.38 bits per heavy atom.